The molecule has 1 unspecified atom stereocenters. The topological polar surface area (TPSA) is 54.0 Å². The van der Waals surface area contributed by atoms with Crippen LogP contribution < -0.4 is 10.6 Å². The van der Waals surface area contributed by atoms with Crippen LogP contribution in [0.25, 0.3) is 0 Å². The second kappa shape index (κ2) is 6.70. The second-order valence-corrected chi connectivity index (χ2v) is 4.65. The van der Waals surface area contributed by atoms with Gasteiger partial charge in [0.15, 0.2) is 0 Å². The van der Waals surface area contributed by atoms with Crippen LogP contribution in [0.4, 0.5) is 10.5 Å². The fraction of sp³-hybridized carbons (Fsp3) is 0.250. The first-order chi connectivity index (χ1) is 9.69. The predicted molar refractivity (Wildman–Crippen MR) is 80.6 cm³/mol. The molecule has 1 heterocycles. The van der Waals surface area contributed by atoms with E-state index in [1.807, 2.05) is 43.3 Å². The summed E-state index contributed by atoms with van der Waals surface area (Å²) in [6, 6.07) is 11.4. The van der Waals surface area contributed by atoms with Crippen molar-refractivity contribution < 1.29 is 4.79 Å². The molecule has 0 fully saturated rings. The molecular weight excluding hydrogens is 250 g/mol. The molecule has 2 aromatic rings. The number of hydrogen-bond donors (Lipinski definition) is 2. The lowest BCUT2D eigenvalue weighted by atomic mass is 10.1. The van der Waals surface area contributed by atoms with Crippen molar-refractivity contribution in [2.75, 3.05) is 5.32 Å². The predicted octanol–water partition coefficient (Wildman–Crippen LogP) is 3.53. The molecule has 0 spiro atoms. The van der Waals surface area contributed by atoms with E-state index in [1.54, 1.807) is 12.4 Å². The summed E-state index contributed by atoms with van der Waals surface area (Å²) < 4.78 is 0. The number of nitrogens with one attached hydrogen (secondary N) is 2. The Balaban J connectivity index is 1.95. The van der Waals surface area contributed by atoms with Crippen molar-refractivity contribution in [1.29, 1.82) is 0 Å². The monoisotopic (exact) mass is 269 g/mol. The number of hydrogen-bond acceptors (Lipinski definition) is 2. The maximum atomic E-state index is 12.0. The third kappa shape index (κ3) is 3.82. The molecule has 0 aliphatic heterocycles. The minimum atomic E-state index is -0.206. The maximum Gasteiger partial charge on any atom is 0.319 e. The quantitative estimate of drug-likeness (QED) is 0.892. The van der Waals surface area contributed by atoms with Crippen LogP contribution in [0.1, 0.15) is 31.0 Å². The number of aromatic nitrogens is 1. The molecule has 1 atom stereocenters. The third-order valence-electron chi connectivity index (χ3n) is 3.15. The highest BCUT2D eigenvalue weighted by molar-refractivity contribution is 5.89. The Morgan fingerprint density at radius 3 is 2.70 bits per heavy atom. The summed E-state index contributed by atoms with van der Waals surface area (Å²) in [6.07, 6.45) is 4.39. The zero-order valence-electron chi connectivity index (χ0n) is 11.8. The van der Waals surface area contributed by atoms with E-state index in [1.165, 1.54) is 5.56 Å². The van der Waals surface area contributed by atoms with E-state index in [9.17, 15) is 4.79 Å². The number of aryl methyl sites for hydroxylation is 1. The molecule has 0 saturated heterocycles. The standard InChI is InChI=1S/C16H19N3O/c1-3-13-5-4-6-15(11-13)19-16(20)18-12(2)14-7-9-17-10-8-14/h4-12H,3H2,1-2H3,(H2,18,19,20). The van der Waals surface area contributed by atoms with Gasteiger partial charge >= 0.3 is 6.03 Å². The van der Waals surface area contributed by atoms with Crippen LogP contribution >= 0.6 is 0 Å². The molecule has 104 valence electrons. The number of amides is 2. The van der Waals surface area contributed by atoms with Crippen molar-refractivity contribution >= 4 is 11.7 Å². The van der Waals surface area contributed by atoms with Gasteiger partial charge < -0.3 is 10.6 Å². The molecule has 1 aromatic heterocycles. The van der Waals surface area contributed by atoms with Crippen molar-refractivity contribution in [3.8, 4) is 0 Å². The van der Waals surface area contributed by atoms with Gasteiger partial charge in [0.25, 0.3) is 0 Å². The number of carbonyl (C=O) groups is 1. The van der Waals surface area contributed by atoms with Gasteiger partial charge in [-0.05, 0) is 48.7 Å². The molecule has 0 aliphatic carbocycles. The van der Waals surface area contributed by atoms with Crippen molar-refractivity contribution in [3.63, 3.8) is 0 Å². The highest BCUT2D eigenvalue weighted by atomic mass is 16.2. The molecule has 0 bridgehead atoms. The van der Waals surface area contributed by atoms with Crippen LogP contribution in [0.15, 0.2) is 48.8 Å². The Hall–Kier alpha value is -2.36. The molecule has 20 heavy (non-hydrogen) atoms. The van der Waals surface area contributed by atoms with Gasteiger partial charge in [-0.1, -0.05) is 19.1 Å². The Kier molecular flexibility index (Phi) is 4.71. The average molecular weight is 269 g/mol. The Bertz CT molecular complexity index is 569. The molecule has 0 radical (unpaired) electrons. The lowest BCUT2D eigenvalue weighted by Crippen LogP contribution is -2.31. The number of anilines is 1. The first-order valence-electron chi connectivity index (χ1n) is 6.75. The second-order valence-electron chi connectivity index (χ2n) is 4.65. The summed E-state index contributed by atoms with van der Waals surface area (Å²) in [5.41, 5.74) is 3.03. The molecule has 0 saturated carbocycles. The highest BCUT2D eigenvalue weighted by Crippen LogP contribution is 2.13. The van der Waals surface area contributed by atoms with Gasteiger partial charge in [-0.15, -0.1) is 0 Å². The summed E-state index contributed by atoms with van der Waals surface area (Å²) in [5.74, 6) is 0. The molecule has 0 aliphatic rings. The summed E-state index contributed by atoms with van der Waals surface area (Å²) in [5, 5.41) is 5.76. The van der Waals surface area contributed by atoms with Gasteiger partial charge in [0, 0.05) is 18.1 Å². The van der Waals surface area contributed by atoms with Crippen LogP contribution in [-0.4, -0.2) is 11.0 Å². The van der Waals surface area contributed by atoms with Gasteiger partial charge in [-0.2, -0.15) is 0 Å². The van der Waals surface area contributed by atoms with Crippen molar-refractivity contribution in [2.24, 2.45) is 0 Å². The Labute approximate surface area is 119 Å². The van der Waals surface area contributed by atoms with Gasteiger partial charge in [-0.25, -0.2) is 4.79 Å². The average Bonchev–Trinajstić information content (AvgIpc) is 2.48. The Morgan fingerprint density at radius 1 is 1.25 bits per heavy atom. The van der Waals surface area contributed by atoms with Crippen LogP contribution in [0.3, 0.4) is 0 Å². The summed E-state index contributed by atoms with van der Waals surface area (Å²) in [6.45, 7) is 4.03. The first kappa shape index (κ1) is 14.1. The number of nitrogens with zero attached hydrogens (tertiary/aromatic N) is 1. The van der Waals surface area contributed by atoms with E-state index >= 15 is 0 Å². The first-order valence-corrected chi connectivity index (χ1v) is 6.75. The highest BCUT2D eigenvalue weighted by Gasteiger charge is 2.09. The van der Waals surface area contributed by atoms with Gasteiger partial charge in [0.2, 0.25) is 0 Å². The van der Waals surface area contributed by atoms with Gasteiger partial charge in [-0.3, -0.25) is 4.98 Å². The van der Waals surface area contributed by atoms with E-state index in [0.29, 0.717) is 0 Å². The van der Waals surface area contributed by atoms with Gasteiger partial charge in [0.1, 0.15) is 0 Å². The SMILES string of the molecule is CCc1cccc(NC(=O)NC(C)c2ccncc2)c1. The maximum absolute atomic E-state index is 12.0. The molecule has 2 rings (SSSR count). The largest absolute Gasteiger partial charge is 0.331 e. The molecular formula is C16H19N3O. The summed E-state index contributed by atoms with van der Waals surface area (Å²) in [4.78, 5) is 15.9. The van der Waals surface area contributed by atoms with E-state index in [4.69, 9.17) is 0 Å². The van der Waals surface area contributed by atoms with Crippen LogP contribution in [0.5, 0.6) is 0 Å². The van der Waals surface area contributed by atoms with Gasteiger partial charge in [0.05, 0.1) is 6.04 Å². The normalized spacial score (nSPS) is 11.7. The fourth-order valence-corrected chi connectivity index (χ4v) is 1.97. The number of urea groups is 1. The lowest BCUT2D eigenvalue weighted by Gasteiger charge is -2.15. The summed E-state index contributed by atoms with van der Waals surface area (Å²) >= 11 is 0. The van der Waals surface area contributed by atoms with E-state index in [0.717, 1.165) is 17.7 Å². The van der Waals surface area contributed by atoms with Crippen LogP contribution in [-0.2, 0) is 6.42 Å². The van der Waals surface area contributed by atoms with E-state index in [-0.39, 0.29) is 12.1 Å². The smallest absolute Gasteiger partial charge is 0.319 e. The molecule has 1 aromatic carbocycles. The lowest BCUT2D eigenvalue weighted by molar-refractivity contribution is 0.249. The van der Waals surface area contributed by atoms with E-state index in [2.05, 4.69) is 22.5 Å². The number of pyridine rings is 1. The fourth-order valence-electron chi connectivity index (χ4n) is 1.97. The third-order valence-corrected chi connectivity index (χ3v) is 3.15. The van der Waals surface area contributed by atoms with Crippen molar-refractivity contribution in [3.05, 3.63) is 59.9 Å². The minimum absolute atomic E-state index is 0.0626. The number of rotatable bonds is 4. The van der Waals surface area contributed by atoms with Crippen LogP contribution in [0.2, 0.25) is 0 Å². The molecule has 2 amide bonds. The van der Waals surface area contributed by atoms with Crippen LogP contribution in [0, 0.1) is 0 Å². The number of benzene rings is 1. The zero-order chi connectivity index (χ0) is 14.4. The van der Waals surface area contributed by atoms with Crippen molar-refractivity contribution in [1.82, 2.24) is 10.3 Å². The molecule has 4 nitrogen and oxygen atoms in total. The number of carbonyl (C=O) groups excluding carboxylic acids is 1. The van der Waals surface area contributed by atoms with E-state index < -0.39 is 0 Å². The Morgan fingerprint density at radius 2 is 2.00 bits per heavy atom. The molecule has 4 heteroatoms. The molecule has 2 N–H and O–H groups in total. The van der Waals surface area contributed by atoms with Crippen molar-refractivity contribution in [2.45, 2.75) is 26.3 Å². The minimum Gasteiger partial charge on any atom is -0.331 e. The summed E-state index contributed by atoms with van der Waals surface area (Å²) in [7, 11) is 0. The zero-order valence-corrected chi connectivity index (χ0v) is 11.8.